The second-order valence-corrected chi connectivity index (χ2v) is 4.69. The first-order valence-corrected chi connectivity index (χ1v) is 6.22. The smallest absolute Gasteiger partial charge is 0.239 e. The van der Waals surface area contributed by atoms with Crippen LogP contribution in [0.15, 0.2) is 0 Å². The summed E-state index contributed by atoms with van der Waals surface area (Å²) in [6.45, 7) is 0.981. The average molecular weight is 281 g/mol. The van der Waals surface area contributed by atoms with E-state index >= 15 is 0 Å². The Morgan fingerprint density at radius 3 is 2.44 bits per heavy atom. The molecule has 1 atom stereocenters. The molecule has 1 unspecified atom stereocenters. The molecule has 0 heterocycles. The maximum absolute atomic E-state index is 11.6. The number of hydrogen-bond donors (Lipinski definition) is 2. The maximum atomic E-state index is 11.6. The predicted molar refractivity (Wildman–Crippen MR) is 72.9 cm³/mol. The van der Waals surface area contributed by atoms with Crippen LogP contribution in [-0.2, 0) is 14.3 Å². The Balaban J connectivity index is 0.00000289. The zero-order valence-electron chi connectivity index (χ0n) is 11.2. The average Bonchev–Trinajstić information content (AvgIpc) is 2.36. The molecule has 0 aromatic carbocycles. The molecule has 0 aromatic rings. The van der Waals surface area contributed by atoms with Gasteiger partial charge in [-0.2, -0.15) is 0 Å². The van der Waals surface area contributed by atoms with E-state index < -0.39 is 6.04 Å². The van der Waals surface area contributed by atoms with Crippen LogP contribution in [0.4, 0.5) is 0 Å². The van der Waals surface area contributed by atoms with E-state index in [2.05, 4.69) is 5.32 Å². The van der Waals surface area contributed by atoms with Crippen LogP contribution in [0, 0.1) is 5.92 Å². The summed E-state index contributed by atoms with van der Waals surface area (Å²) in [6.07, 6.45) is 4.79. The molecule has 1 amide bonds. The van der Waals surface area contributed by atoms with Gasteiger partial charge in [0.2, 0.25) is 5.91 Å². The third-order valence-electron chi connectivity index (χ3n) is 3.38. The van der Waals surface area contributed by atoms with Crippen molar-refractivity contribution in [2.24, 2.45) is 11.7 Å². The number of amides is 1. The summed E-state index contributed by atoms with van der Waals surface area (Å²) >= 11 is 0. The quantitative estimate of drug-likeness (QED) is 0.751. The fraction of sp³-hybridized carbons (Fsp3) is 0.917. The van der Waals surface area contributed by atoms with Gasteiger partial charge in [-0.1, -0.05) is 0 Å². The van der Waals surface area contributed by atoms with Crippen molar-refractivity contribution in [3.63, 3.8) is 0 Å². The highest BCUT2D eigenvalue weighted by atomic mass is 35.5. The maximum Gasteiger partial charge on any atom is 0.239 e. The monoisotopic (exact) mass is 280 g/mol. The topological polar surface area (TPSA) is 73.6 Å². The number of methoxy groups -OCH3 is 2. The molecule has 1 saturated carbocycles. The number of nitrogens with two attached hydrogens (primary N) is 1. The van der Waals surface area contributed by atoms with Gasteiger partial charge in [-0.25, -0.2) is 0 Å². The van der Waals surface area contributed by atoms with E-state index in [-0.39, 0.29) is 24.9 Å². The SMILES string of the molecule is COCC(N)C(=O)NCC1CCC(OC)CC1.Cl. The summed E-state index contributed by atoms with van der Waals surface area (Å²) in [5, 5.41) is 2.89. The molecule has 6 heteroatoms. The molecule has 1 rings (SSSR count). The minimum atomic E-state index is -0.560. The fourth-order valence-corrected chi connectivity index (χ4v) is 2.20. The molecular formula is C12H25ClN2O3. The molecule has 1 aliphatic rings. The van der Waals surface area contributed by atoms with Crippen molar-refractivity contribution >= 4 is 18.3 Å². The van der Waals surface area contributed by atoms with E-state index in [0.717, 1.165) is 25.7 Å². The normalized spacial score (nSPS) is 25.1. The lowest BCUT2D eigenvalue weighted by atomic mass is 9.87. The van der Waals surface area contributed by atoms with E-state index in [1.54, 1.807) is 14.2 Å². The largest absolute Gasteiger partial charge is 0.383 e. The van der Waals surface area contributed by atoms with E-state index in [0.29, 0.717) is 18.6 Å². The van der Waals surface area contributed by atoms with E-state index in [4.69, 9.17) is 15.2 Å². The van der Waals surface area contributed by atoms with Crippen molar-refractivity contribution in [1.29, 1.82) is 0 Å². The Bertz CT molecular complexity index is 233. The molecule has 18 heavy (non-hydrogen) atoms. The Morgan fingerprint density at radius 2 is 1.94 bits per heavy atom. The summed E-state index contributed by atoms with van der Waals surface area (Å²) in [4.78, 5) is 11.6. The number of nitrogens with one attached hydrogen (secondary N) is 1. The predicted octanol–water partition coefficient (Wildman–Crippen LogP) is 0.703. The van der Waals surface area contributed by atoms with Crippen molar-refractivity contribution in [2.45, 2.75) is 37.8 Å². The summed E-state index contributed by atoms with van der Waals surface area (Å²) in [7, 11) is 3.30. The van der Waals surface area contributed by atoms with E-state index in [9.17, 15) is 4.79 Å². The summed E-state index contributed by atoms with van der Waals surface area (Å²) in [5.74, 6) is 0.431. The van der Waals surface area contributed by atoms with Gasteiger partial charge in [-0.15, -0.1) is 12.4 Å². The summed E-state index contributed by atoms with van der Waals surface area (Å²) < 4.78 is 10.2. The van der Waals surface area contributed by atoms with Gasteiger partial charge < -0.3 is 20.5 Å². The van der Waals surface area contributed by atoms with Gasteiger partial charge in [-0.05, 0) is 31.6 Å². The lowest BCUT2D eigenvalue weighted by Gasteiger charge is -2.27. The molecule has 0 bridgehead atoms. The fourth-order valence-electron chi connectivity index (χ4n) is 2.20. The Morgan fingerprint density at radius 1 is 1.33 bits per heavy atom. The highest BCUT2D eigenvalue weighted by Gasteiger charge is 2.22. The summed E-state index contributed by atoms with van der Waals surface area (Å²) in [5.41, 5.74) is 5.63. The van der Waals surface area contributed by atoms with Crippen LogP contribution in [0.25, 0.3) is 0 Å². The van der Waals surface area contributed by atoms with E-state index in [1.807, 2.05) is 0 Å². The second kappa shape index (κ2) is 9.55. The minimum absolute atomic E-state index is 0. The van der Waals surface area contributed by atoms with Crippen molar-refractivity contribution in [2.75, 3.05) is 27.4 Å². The van der Waals surface area contributed by atoms with Crippen molar-refractivity contribution in [1.82, 2.24) is 5.32 Å². The van der Waals surface area contributed by atoms with Crippen LogP contribution >= 0.6 is 12.4 Å². The van der Waals surface area contributed by atoms with Gasteiger partial charge in [0.1, 0.15) is 6.04 Å². The van der Waals surface area contributed by atoms with Gasteiger partial charge in [0.25, 0.3) is 0 Å². The van der Waals surface area contributed by atoms with E-state index in [1.165, 1.54) is 0 Å². The first-order valence-electron chi connectivity index (χ1n) is 6.22. The third-order valence-corrected chi connectivity index (χ3v) is 3.38. The molecule has 5 nitrogen and oxygen atoms in total. The first kappa shape index (κ1) is 17.6. The van der Waals surface area contributed by atoms with Crippen molar-refractivity contribution < 1.29 is 14.3 Å². The summed E-state index contributed by atoms with van der Waals surface area (Å²) in [6, 6.07) is -0.560. The van der Waals surface area contributed by atoms with Crippen LogP contribution in [0.3, 0.4) is 0 Å². The Hall–Kier alpha value is -0.360. The second-order valence-electron chi connectivity index (χ2n) is 4.69. The highest BCUT2D eigenvalue weighted by molar-refractivity contribution is 5.85. The molecule has 1 fully saturated rings. The standard InChI is InChI=1S/C12H24N2O3.ClH/c1-16-8-11(13)12(15)14-7-9-3-5-10(17-2)6-4-9;/h9-11H,3-8,13H2,1-2H3,(H,14,15);1H. The molecule has 108 valence electrons. The van der Waals surface area contributed by atoms with Crippen molar-refractivity contribution in [3.05, 3.63) is 0 Å². The van der Waals surface area contributed by atoms with Crippen LogP contribution < -0.4 is 11.1 Å². The zero-order valence-corrected chi connectivity index (χ0v) is 12.0. The first-order chi connectivity index (χ1) is 8.17. The third kappa shape index (κ3) is 6.00. The lowest BCUT2D eigenvalue weighted by molar-refractivity contribution is -0.123. The molecule has 0 aliphatic heterocycles. The number of halogens is 1. The molecule has 0 saturated heterocycles. The zero-order chi connectivity index (χ0) is 12.7. The molecule has 0 radical (unpaired) electrons. The van der Waals surface area contributed by atoms with Gasteiger partial charge >= 0.3 is 0 Å². The van der Waals surface area contributed by atoms with Crippen LogP contribution in [0.2, 0.25) is 0 Å². The number of carbonyl (C=O) groups is 1. The number of hydrogen-bond acceptors (Lipinski definition) is 4. The lowest BCUT2D eigenvalue weighted by Crippen LogP contribution is -2.45. The van der Waals surface area contributed by atoms with Crippen LogP contribution in [0.1, 0.15) is 25.7 Å². The van der Waals surface area contributed by atoms with Gasteiger partial charge in [0.15, 0.2) is 0 Å². The Kier molecular flexibility index (Phi) is 9.36. The molecule has 0 spiro atoms. The minimum Gasteiger partial charge on any atom is -0.383 e. The van der Waals surface area contributed by atoms with Gasteiger partial charge in [-0.3, -0.25) is 4.79 Å². The van der Waals surface area contributed by atoms with Crippen LogP contribution in [0.5, 0.6) is 0 Å². The van der Waals surface area contributed by atoms with Gasteiger partial charge in [0.05, 0.1) is 12.7 Å². The molecule has 0 aromatic heterocycles. The Labute approximate surface area is 115 Å². The van der Waals surface area contributed by atoms with Crippen LogP contribution in [-0.4, -0.2) is 45.4 Å². The molecular weight excluding hydrogens is 256 g/mol. The molecule has 3 N–H and O–H groups in total. The number of ether oxygens (including phenoxy) is 2. The highest BCUT2D eigenvalue weighted by Crippen LogP contribution is 2.25. The van der Waals surface area contributed by atoms with Crippen molar-refractivity contribution in [3.8, 4) is 0 Å². The number of rotatable bonds is 6. The van der Waals surface area contributed by atoms with Gasteiger partial charge in [0, 0.05) is 20.8 Å². The molecule has 1 aliphatic carbocycles. The number of carbonyl (C=O) groups excluding carboxylic acids is 1.